The molecule has 13 nitrogen and oxygen atoms in total. The van der Waals surface area contributed by atoms with Gasteiger partial charge >= 0.3 is 5.97 Å². The summed E-state index contributed by atoms with van der Waals surface area (Å²) in [6, 6.07) is 0. The van der Waals surface area contributed by atoms with Gasteiger partial charge in [0.15, 0.2) is 0 Å². The summed E-state index contributed by atoms with van der Waals surface area (Å²) >= 11 is 5.65. The number of aliphatic hydroxyl groups is 1. The van der Waals surface area contributed by atoms with Crippen LogP contribution in [0.3, 0.4) is 0 Å². The number of aliphatic hydroxyl groups excluding tert-OH is 1. The Morgan fingerprint density at radius 1 is 0.435 bits per heavy atom. The van der Waals surface area contributed by atoms with E-state index < -0.39 is 0 Å². The average molecular weight is 689 g/mol. The van der Waals surface area contributed by atoms with Gasteiger partial charge in [-0.1, -0.05) is 25.0 Å². The molecule has 14 heteroatoms. The molecule has 0 aliphatic rings. The fourth-order valence-electron chi connectivity index (χ4n) is 3.40. The van der Waals surface area contributed by atoms with Crippen LogP contribution in [0, 0.1) is 0 Å². The standard InChI is InChI=1S/C32H61ClO13/c33-9-3-1-2-4-11-36-16-17-39-14-7-8-32(35)46-31-30-45-29-28-44-27-25-42-22-19-38-13-6-5-12-37-18-21-41-24-26-43-23-20-40-15-10-34/h5-6,34H,1-4,7-31H2/b6-5+. The van der Waals surface area contributed by atoms with Crippen LogP contribution in [0.15, 0.2) is 12.2 Å². The normalized spacial score (nSPS) is 11.6. The minimum atomic E-state index is -0.252. The van der Waals surface area contributed by atoms with Crippen LogP contribution in [0.5, 0.6) is 0 Å². The van der Waals surface area contributed by atoms with Crippen molar-refractivity contribution in [1.29, 1.82) is 0 Å². The number of hydrogen-bond donors (Lipinski definition) is 1. The fraction of sp³-hybridized carbons (Fsp3) is 0.906. The van der Waals surface area contributed by atoms with Crippen molar-refractivity contribution in [2.45, 2.75) is 38.5 Å². The van der Waals surface area contributed by atoms with Gasteiger partial charge in [0.1, 0.15) is 6.61 Å². The second kappa shape index (κ2) is 42.1. The van der Waals surface area contributed by atoms with Crippen molar-refractivity contribution in [1.82, 2.24) is 0 Å². The molecule has 0 aliphatic carbocycles. The highest BCUT2D eigenvalue weighted by Gasteiger charge is 2.03. The molecule has 0 saturated heterocycles. The molecule has 0 saturated carbocycles. The van der Waals surface area contributed by atoms with E-state index in [-0.39, 0.29) is 19.2 Å². The highest BCUT2D eigenvalue weighted by Crippen LogP contribution is 2.01. The van der Waals surface area contributed by atoms with E-state index in [9.17, 15) is 4.79 Å². The molecule has 0 atom stereocenters. The monoisotopic (exact) mass is 688 g/mol. The summed E-state index contributed by atoms with van der Waals surface area (Å²) in [5, 5.41) is 8.58. The Balaban J connectivity index is 3.17. The molecule has 0 spiro atoms. The summed E-state index contributed by atoms with van der Waals surface area (Å²) in [5.41, 5.74) is 0. The number of hydrogen-bond acceptors (Lipinski definition) is 13. The molecule has 274 valence electrons. The number of alkyl halides is 1. The molecule has 0 aromatic carbocycles. The smallest absolute Gasteiger partial charge is 0.305 e. The van der Waals surface area contributed by atoms with Crippen LogP contribution in [0.4, 0.5) is 0 Å². The highest BCUT2D eigenvalue weighted by atomic mass is 35.5. The Labute approximate surface area is 281 Å². The van der Waals surface area contributed by atoms with E-state index in [2.05, 4.69) is 0 Å². The maximum absolute atomic E-state index is 11.7. The summed E-state index contributed by atoms with van der Waals surface area (Å²) < 4.78 is 59.2. The van der Waals surface area contributed by atoms with Crippen molar-refractivity contribution in [2.75, 3.05) is 151 Å². The van der Waals surface area contributed by atoms with Crippen LogP contribution >= 0.6 is 11.6 Å². The largest absolute Gasteiger partial charge is 0.463 e. The van der Waals surface area contributed by atoms with Gasteiger partial charge in [0, 0.05) is 25.5 Å². The van der Waals surface area contributed by atoms with Crippen molar-refractivity contribution in [3.63, 3.8) is 0 Å². The lowest BCUT2D eigenvalue weighted by Gasteiger charge is -2.08. The highest BCUT2D eigenvalue weighted by molar-refractivity contribution is 6.17. The van der Waals surface area contributed by atoms with E-state index in [1.165, 1.54) is 0 Å². The lowest BCUT2D eigenvalue weighted by Crippen LogP contribution is -2.15. The first-order valence-electron chi connectivity index (χ1n) is 16.6. The Morgan fingerprint density at radius 3 is 1.26 bits per heavy atom. The lowest BCUT2D eigenvalue weighted by molar-refractivity contribution is -0.145. The van der Waals surface area contributed by atoms with Gasteiger partial charge < -0.3 is 57.2 Å². The summed E-state index contributed by atoms with van der Waals surface area (Å²) in [6.07, 6.45) is 9.15. The molecule has 1 N–H and O–H groups in total. The van der Waals surface area contributed by atoms with Crippen molar-refractivity contribution in [2.24, 2.45) is 0 Å². The van der Waals surface area contributed by atoms with Gasteiger partial charge in [0.2, 0.25) is 0 Å². The number of rotatable bonds is 40. The molecule has 46 heavy (non-hydrogen) atoms. The van der Waals surface area contributed by atoms with Gasteiger partial charge in [-0.25, -0.2) is 0 Å². The summed E-state index contributed by atoms with van der Waals surface area (Å²) in [4.78, 5) is 11.7. The number of unbranched alkanes of at least 4 members (excludes halogenated alkanes) is 3. The molecule has 0 unspecified atom stereocenters. The molecule has 0 fully saturated rings. The van der Waals surface area contributed by atoms with Crippen LogP contribution in [-0.2, 0) is 56.9 Å². The fourth-order valence-corrected chi connectivity index (χ4v) is 3.59. The van der Waals surface area contributed by atoms with Crippen molar-refractivity contribution in [3.05, 3.63) is 12.2 Å². The van der Waals surface area contributed by atoms with Crippen molar-refractivity contribution < 1.29 is 62.0 Å². The predicted molar refractivity (Wildman–Crippen MR) is 174 cm³/mol. The zero-order valence-electron chi connectivity index (χ0n) is 27.9. The number of esters is 1. The third-order valence-corrected chi connectivity index (χ3v) is 6.03. The third kappa shape index (κ3) is 41.1. The zero-order chi connectivity index (χ0) is 33.3. The SMILES string of the molecule is O=C(CCCOCCOCCCCCCCl)OCCOCCOCCOCCOC/C=C/COCCOCCOCCOCCO. The summed E-state index contributed by atoms with van der Waals surface area (Å²) in [6.45, 7) is 10.0. The quantitative estimate of drug-likeness (QED) is 0.0437. The minimum absolute atomic E-state index is 0.0224. The lowest BCUT2D eigenvalue weighted by atomic mass is 10.2. The molecule has 0 radical (unpaired) electrons. The molecule has 0 aromatic rings. The second-order valence-corrected chi connectivity index (χ2v) is 10.0. The molecular weight excluding hydrogens is 628 g/mol. The third-order valence-electron chi connectivity index (χ3n) is 5.77. The molecule has 0 amide bonds. The van der Waals surface area contributed by atoms with Crippen LogP contribution < -0.4 is 0 Å². The first kappa shape index (κ1) is 45.1. The summed E-state index contributed by atoms with van der Waals surface area (Å²) in [5.74, 6) is 0.473. The molecule has 0 aliphatic heterocycles. The molecule has 0 bridgehead atoms. The van der Waals surface area contributed by atoms with Crippen LogP contribution in [-0.4, -0.2) is 162 Å². The maximum atomic E-state index is 11.7. The predicted octanol–water partition coefficient (Wildman–Crippen LogP) is 2.82. The van der Waals surface area contributed by atoms with Gasteiger partial charge in [-0.3, -0.25) is 4.79 Å². The average Bonchev–Trinajstić information content (AvgIpc) is 3.06. The van der Waals surface area contributed by atoms with Crippen LogP contribution in [0.25, 0.3) is 0 Å². The molecule has 0 aromatic heterocycles. The van der Waals surface area contributed by atoms with Crippen molar-refractivity contribution >= 4 is 17.6 Å². The Hall–Kier alpha value is -0.940. The number of halogens is 1. The van der Waals surface area contributed by atoms with E-state index in [4.69, 9.17) is 68.8 Å². The molecular formula is C32H61ClO13. The van der Waals surface area contributed by atoms with Crippen LogP contribution in [0.2, 0.25) is 0 Å². The summed E-state index contributed by atoms with van der Waals surface area (Å²) in [7, 11) is 0. The van der Waals surface area contributed by atoms with Gasteiger partial charge in [0.05, 0.1) is 126 Å². The van der Waals surface area contributed by atoms with E-state index >= 15 is 0 Å². The van der Waals surface area contributed by atoms with E-state index in [0.29, 0.717) is 138 Å². The Bertz CT molecular complexity index is 617. The molecule has 0 heterocycles. The topological polar surface area (TPSA) is 139 Å². The van der Waals surface area contributed by atoms with Gasteiger partial charge in [-0.15, -0.1) is 11.6 Å². The first-order valence-corrected chi connectivity index (χ1v) is 17.1. The zero-order valence-corrected chi connectivity index (χ0v) is 28.6. The van der Waals surface area contributed by atoms with Crippen LogP contribution in [0.1, 0.15) is 38.5 Å². The Kier molecular flexibility index (Phi) is 41.2. The maximum Gasteiger partial charge on any atom is 0.305 e. The first-order chi connectivity index (χ1) is 22.8. The number of ether oxygens (including phenoxy) is 11. The van der Waals surface area contributed by atoms with Gasteiger partial charge in [-0.05, 0) is 19.3 Å². The number of carbonyl (C=O) groups excluding carboxylic acids is 1. The Morgan fingerprint density at radius 2 is 0.804 bits per heavy atom. The van der Waals surface area contributed by atoms with Crippen molar-refractivity contribution in [3.8, 4) is 0 Å². The van der Waals surface area contributed by atoms with E-state index in [1.54, 1.807) is 0 Å². The molecule has 0 rings (SSSR count). The van der Waals surface area contributed by atoms with Gasteiger partial charge in [0.25, 0.3) is 0 Å². The minimum Gasteiger partial charge on any atom is -0.463 e. The van der Waals surface area contributed by atoms with E-state index in [1.807, 2.05) is 12.2 Å². The van der Waals surface area contributed by atoms with E-state index in [0.717, 1.165) is 38.2 Å². The number of carbonyl (C=O) groups is 1. The van der Waals surface area contributed by atoms with Gasteiger partial charge in [-0.2, -0.15) is 0 Å². The second-order valence-electron chi connectivity index (χ2n) is 9.67.